The Bertz CT molecular complexity index is 546. The Hall–Kier alpha value is -1.49. The standard InChI is InChI=1S/C17H22N2O2S/c1-13-2-6-15(7-3-13)22-12-16(20)18-8-10-19(11-9-18)17(21)14-4-5-14/h2-3,6-7,14H,4-5,8-12H2,1H3. The van der Waals surface area contributed by atoms with Crippen LogP contribution in [0.3, 0.4) is 0 Å². The molecule has 1 saturated heterocycles. The Morgan fingerprint density at radius 3 is 2.23 bits per heavy atom. The van der Waals surface area contributed by atoms with Crippen molar-refractivity contribution in [1.29, 1.82) is 0 Å². The van der Waals surface area contributed by atoms with Crippen LogP contribution in [-0.4, -0.2) is 53.5 Å². The fourth-order valence-corrected chi connectivity index (χ4v) is 3.44. The minimum Gasteiger partial charge on any atom is -0.339 e. The number of hydrogen-bond acceptors (Lipinski definition) is 3. The summed E-state index contributed by atoms with van der Waals surface area (Å²) in [7, 11) is 0. The van der Waals surface area contributed by atoms with Gasteiger partial charge in [-0.25, -0.2) is 0 Å². The quantitative estimate of drug-likeness (QED) is 0.799. The molecule has 1 aromatic rings. The molecule has 0 aromatic heterocycles. The Labute approximate surface area is 135 Å². The Balaban J connectivity index is 1.43. The maximum Gasteiger partial charge on any atom is 0.233 e. The van der Waals surface area contributed by atoms with Crippen molar-refractivity contribution in [1.82, 2.24) is 9.80 Å². The van der Waals surface area contributed by atoms with Crippen molar-refractivity contribution in [3.05, 3.63) is 29.8 Å². The van der Waals surface area contributed by atoms with Gasteiger partial charge in [0.1, 0.15) is 0 Å². The highest BCUT2D eigenvalue weighted by molar-refractivity contribution is 8.00. The topological polar surface area (TPSA) is 40.6 Å². The number of amides is 2. The lowest BCUT2D eigenvalue weighted by Crippen LogP contribution is -2.51. The summed E-state index contributed by atoms with van der Waals surface area (Å²) in [5.74, 6) is 1.21. The second kappa shape index (κ2) is 6.73. The van der Waals surface area contributed by atoms with Crippen molar-refractivity contribution < 1.29 is 9.59 Å². The SMILES string of the molecule is Cc1ccc(SCC(=O)N2CCN(C(=O)C3CC3)CC2)cc1. The van der Waals surface area contributed by atoms with E-state index in [1.165, 1.54) is 5.56 Å². The summed E-state index contributed by atoms with van der Waals surface area (Å²) in [5.41, 5.74) is 1.23. The van der Waals surface area contributed by atoms with Crippen LogP contribution in [0.25, 0.3) is 0 Å². The molecule has 2 amide bonds. The molecular weight excluding hydrogens is 296 g/mol. The van der Waals surface area contributed by atoms with Crippen LogP contribution in [0.15, 0.2) is 29.2 Å². The zero-order chi connectivity index (χ0) is 15.5. The van der Waals surface area contributed by atoms with Crippen LogP contribution >= 0.6 is 11.8 Å². The number of piperazine rings is 1. The molecular formula is C17H22N2O2S. The van der Waals surface area contributed by atoms with Gasteiger partial charge in [0, 0.05) is 37.0 Å². The molecule has 0 unspecified atom stereocenters. The van der Waals surface area contributed by atoms with Gasteiger partial charge in [0.15, 0.2) is 0 Å². The van der Waals surface area contributed by atoms with Crippen LogP contribution in [0.1, 0.15) is 18.4 Å². The van der Waals surface area contributed by atoms with Crippen molar-refractivity contribution >= 4 is 23.6 Å². The van der Waals surface area contributed by atoms with Gasteiger partial charge >= 0.3 is 0 Å². The van der Waals surface area contributed by atoms with E-state index < -0.39 is 0 Å². The second-order valence-corrected chi connectivity index (χ2v) is 7.13. The summed E-state index contributed by atoms with van der Waals surface area (Å²) in [6, 6.07) is 8.24. The molecule has 1 aliphatic carbocycles. The predicted octanol–water partition coefficient (Wildman–Crippen LogP) is 2.17. The van der Waals surface area contributed by atoms with Crippen molar-refractivity contribution in [2.24, 2.45) is 5.92 Å². The number of benzene rings is 1. The van der Waals surface area contributed by atoms with Crippen LogP contribution < -0.4 is 0 Å². The van der Waals surface area contributed by atoms with Gasteiger partial charge in [-0.05, 0) is 31.9 Å². The molecule has 2 fully saturated rings. The minimum atomic E-state index is 0.170. The first kappa shape index (κ1) is 15.4. The van der Waals surface area contributed by atoms with Gasteiger partial charge in [-0.2, -0.15) is 0 Å². The van der Waals surface area contributed by atoms with E-state index in [0.29, 0.717) is 37.8 Å². The van der Waals surface area contributed by atoms with E-state index in [9.17, 15) is 9.59 Å². The molecule has 4 nitrogen and oxygen atoms in total. The molecule has 0 atom stereocenters. The number of hydrogen-bond donors (Lipinski definition) is 0. The van der Waals surface area contributed by atoms with Crippen LogP contribution in [0.4, 0.5) is 0 Å². The molecule has 118 valence electrons. The van der Waals surface area contributed by atoms with E-state index in [1.807, 2.05) is 9.80 Å². The smallest absolute Gasteiger partial charge is 0.233 e. The van der Waals surface area contributed by atoms with Crippen molar-refractivity contribution in [2.45, 2.75) is 24.7 Å². The fourth-order valence-electron chi connectivity index (χ4n) is 2.64. The normalized spacial score (nSPS) is 18.4. The van der Waals surface area contributed by atoms with Crippen LogP contribution in [-0.2, 0) is 9.59 Å². The number of rotatable bonds is 4. The fraction of sp³-hybridized carbons (Fsp3) is 0.529. The molecule has 0 spiro atoms. The number of aryl methyl sites for hydroxylation is 1. The van der Waals surface area contributed by atoms with E-state index in [2.05, 4.69) is 31.2 Å². The summed E-state index contributed by atoms with van der Waals surface area (Å²) in [6.45, 7) is 4.78. The number of thioether (sulfide) groups is 1. The van der Waals surface area contributed by atoms with E-state index in [0.717, 1.165) is 17.7 Å². The molecule has 1 saturated carbocycles. The summed E-state index contributed by atoms with van der Waals surface area (Å²) in [5, 5.41) is 0. The lowest BCUT2D eigenvalue weighted by atomic mass is 10.2. The van der Waals surface area contributed by atoms with E-state index in [4.69, 9.17) is 0 Å². The van der Waals surface area contributed by atoms with Gasteiger partial charge in [-0.1, -0.05) is 17.7 Å². The first-order chi connectivity index (χ1) is 10.6. The summed E-state index contributed by atoms with van der Waals surface area (Å²) < 4.78 is 0. The molecule has 1 aromatic carbocycles. The zero-order valence-corrected chi connectivity index (χ0v) is 13.8. The summed E-state index contributed by atoms with van der Waals surface area (Å²) in [4.78, 5) is 29.2. The maximum atomic E-state index is 12.3. The summed E-state index contributed by atoms with van der Waals surface area (Å²) >= 11 is 1.58. The van der Waals surface area contributed by atoms with Crippen LogP contribution in [0.5, 0.6) is 0 Å². The van der Waals surface area contributed by atoms with E-state index in [1.54, 1.807) is 11.8 Å². The maximum absolute atomic E-state index is 12.3. The highest BCUT2D eigenvalue weighted by Gasteiger charge is 2.35. The Morgan fingerprint density at radius 1 is 1.05 bits per heavy atom. The Kier molecular flexibility index (Phi) is 4.71. The van der Waals surface area contributed by atoms with Gasteiger partial charge in [-0.15, -0.1) is 11.8 Å². The molecule has 0 radical (unpaired) electrons. The summed E-state index contributed by atoms with van der Waals surface area (Å²) in [6.07, 6.45) is 2.09. The first-order valence-corrected chi connectivity index (χ1v) is 8.88. The van der Waals surface area contributed by atoms with Gasteiger partial charge in [0.25, 0.3) is 0 Å². The third kappa shape index (κ3) is 3.83. The highest BCUT2D eigenvalue weighted by Crippen LogP contribution is 2.31. The van der Waals surface area contributed by atoms with Gasteiger partial charge in [-0.3, -0.25) is 9.59 Å². The van der Waals surface area contributed by atoms with Crippen LogP contribution in [0.2, 0.25) is 0 Å². The van der Waals surface area contributed by atoms with Crippen molar-refractivity contribution in [3.8, 4) is 0 Å². The van der Waals surface area contributed by atoms with Gasteiger partial charge in [0.05, 0.1) is 5.75 Å². The van der Waals surface area contributed by atoms with Gasteiger partial charge in [0.2, 0.25) is 11.8 Å². The highest BCUT2D eigenvalue weighted by atomic mass is 32.2. The molecule has 22 heavy (non-hydrogen) atoms. The molecule has 3 rings (SSSR count). The van der Waals surface area contributed by atoms with Crippen molar-refractivity contribution in [2.75, 3.05) is 31.9 Å². The third-order valence-electron chi connectivity index (χ3n) is 4.25. The molecule has 2 aliphatic rings. The predicted molar refractivity (Wildman–Crippen MR) is 87.8 cm³/mol. The molecule has 0 bridgehead atoms. The second-order valence-electron chi connectivity index (χ2n) is 6.08. The largest absolute Gasteiger partial charge is 0.339 e. The zero-order valence-electron chi connectivity index (χ0n) is 13.0. The molecule has 0 N–H and O–H groups in total. The average molecular weight is 318 g/mol. The van der Waals surface area contributed by atoms with Crippen LogP contribution in [0, 0.1) is 12.8 Å². The third-order valence-corrected chi connectivity index (χ3v) is 5.25. The number of carbonyl (C=O) groups excluding carboxylic acids is 2. The van der Waals surface area contributed by atoms with E-state index >= 15 is 0 Å². The van der Waals surface area contributed by atoms with Gasteiger partial charge < -0.3 is 9.80 Å². The number of carbonyl (C=O) groups is 2. The molecule has 5 heteroatoms. The molecule has 1 heterocycles. The van der Waals surface area contributed by atoms with Crippen molar-refractivity contribution in [3.63, 3.8) is 0 Å². The van der Waals surface area contributed by atoms with E-state index in [-0.39, 0.29) is 11.8 Å². The first-order valence-electron chi connectivity index (χ1n) is 7.89. The minimum absolute atomic E-state index is 0.170. The monoisotopic (exact) mass is 318 g/mol. The number of nitrogens with zero attached hydrogens (tertiary/aromatic N) is 2. The molecule has 1 aliphatic heterocycles. The average Bonchev–Trinajstić information content (AvgIpc) is 3.38. The lowest BCUT2D eigenvalue weighted by molar-refractivity contribution is -0.139. The lowest BCUT2D eigenvalue weighted by Gasteiger charge is -2.34. The Morgan fingerprint density at radius 2 is 1.64 bits per heavy atom.